The zero-order valence-electron chi connectivity index (χ0n) is 18.3. The molecule has 0 amide bonds. The molecule has 0 N–H and O–H groups in total. The molecule has 1 heterocycles. The highest BCUT2D eigenvalue weighted by molar-refractivity contribution is 5.69. The molecule has 160 valence electrons. The van der Waals surface area contributed by atoms with Crippen LogP contribution in [0.25, 0.3) is 0 Å². The Kier molecular flexibility index (Phi) is 17.0. The second-order valence-corrected chi connectivity index (χ2v) is 8.47. The van der Waals surface area contributed by atoms with Gasteiger partial charge in [0.2, 0.25) is 0 Å². The van der Waals surface area contributed by atoms with E-state index < -0.39 is 0 Å². The third kappa shape index (κ3) is 16.1. The van der Waals surface area contributed by atoms with Crippen molar-refractivity contribution in [2.24, 2.45) is 0 Å². The molecule has 3 heteroatoms. The lowest BCUT2D eigenvalue weighted by Crippen LogP contribution is -2.33. The predicted molar refractivity (Wildman–Crippen MR) is 116 cm³/mol. The smallest absolute Gasteiger partial charge is 0.305 e. The summed E-state index contributed by atoms with van der Waals surface area (Å²) in [5.41, 5.74) is 0. The summed E-state index contributed by atoms with van der Waals surface area (Å²) in [5, 5.41) is 0. The first kappa shape index (κ1) is 24.5. The standard InChI is InChI=1S/C24H47NO2/c1-2-3-4-5-6-7-8-9-10-11-12-13-14-16-19-24(26)27-23-22-25-20-17-15-18-21-25/h2-23H2,1H3. The maximum atomic E-state index is 11.8. The SMILES string of the molecule is CCCCCCCCCCCCCCCCC(=O)OCCN1CCCCC1. The molecule has 3 nitrogen and oxygen atoms in total. The number of ether oxygens (including phenoxy) is 1. The van der Waals surface area contributed by atoms with Crippen molar-refractivity contribution in [1.29, 1.82) is 0 Å². The van der Waals surface area contributed by atoms with Gasteiger partial charge in [-0.1, -0.05) is 96.8 Å². The van der Waals surface area contributed by atoms with Gasteiger partial charge in [0.05, 0.1) is 0 Å². The van der Waals surface area contributed by atoms with E-state index in [4.69, 9.17) is 4.74 Å². The Morgan fingerprint density at radius 1 is 0.704 bits per heavy atom. The Morgan fingerprint density at radius 2 is 1.19 bits per heavy atom. The molecule has 1 rings (SSSR count). The molecule has 27 heavy (non-hydrogen) atoms. The van der Waals surface area contributed by atoms with Gasteiger partial charge in [-0.25, -0.2) is 0 Å². The highest BCUT2D eigenvalue weighted by atomic mass is 16.5. The number of nitrogens with zero attached hydrogens (tertiary/aromatic N) is 1. The van der Waals surface area contributed by atoms with E-state index in [0.717, 1.165) is 13.0 Å². The fourth-order valence-electron chi connectivity index (χ4n) is 4.01. The van der Waals surface area contributed by atoms with Crippen LogP contribution >= 0.6 is 0 Å². The van der Waals surface area contributed by atoms with Gasteiger partial charge in [-0.15, -0.1) is 0 Å². The lowest BCUT2D eigenvalue weighted by molar-refractivity contribution is -0.144. The van der Waals surface area contributed by atoms with E-state index in [1.54, 1.807) is 0 Å². The number of carbonyl (C=O) groups excluding carboxylic acids is 1. The van der Waals surface area contributed by atoms with Crippen LogP contribution in [0.4, 0.5) is 0 Å². The van der Waals surface area contributed by atoms with Crippen LogP contribution in [-0.2, 0) is 9.53 Å². The van der Waals surface area contributed by atoms with E-state index in [-0.39, 0.29) is 5.97 Å². The number of esters is 1. The van der Waals surface area contributed by atoms with Gasteiger partial charge in [-0.2, -0.15) is 0 Å². The zero-order valence-corrected chi connectivity index (χ0v) is 18.3. The van der Waals surface area contributed by atoms with Crippen LogP contribution in [-0.4, -0.2) is 37.1 Å². The summed E-state index contributed by atoms with van der Waals surface area (Å²) in [6.07, 6.45) is 23.5. The predicted octanol–water partition coefficient (Wildman–Crippen LogP) is 6.89. The van der Waals surface area contributed by atoms with Crippen LogP contribution in [0.5, 0.6) is 0 Å². The van der Waals surface area contributed by atoms with Crippen molar-refractivity contribution in [1.82, 2.24) is 4.90 Å². The second kappa shape index (κ2) is 18.8. The molecule has 0 atom stereocenters. The number of rotatable bonds is 18. The average molecular weight is 382 g/mol. The molecule has 1 saturated heterocycles. The van der Waals surface area contributed by atoms with Gasteiger partial charge in [-0.05, 0) is 32.4 Å². The third-order valence-electron chi connectivity index (χ3n) is 5.85. The van der Waals surface area contributed by atoms with Crippen molar-refractivity contribution in [3.8, 4) is 0 Å². The summed E-state index contributed by atoms with van der Waals surface area (Å²) >= 11 is 0. The third-order valence-corrected chi connectivity index (χ3v) is 5.85. The molecule has 0 bridgehead atoms. The molecule has 0 unspecified atom stereocenters. The van der Waals surface area contributed by atoms with E-state index in [1.165, 1.54) is 116 Å². The van der Waals surface area contributed by atoms with E-state index >= 15 is 0 Å². The summed E-state index contributed by atoms with van der Waals surface area (Å²) in [7, 11) is 0. The van der Waals surface area contributed by atoms with Crippen molar-refractivity contribution in [3.63, 3.8) is 0 Å². The normalized spacial score (nSPS) is 15.1. The Morgan fingerprint density at radius 3 is 1.70 bits per heavy atom. The van der Waals surface area contributed by atoms with Crippen LogP contribution < -0.4 is 0 Å². The molecule has 1 aliphatic rings. The second-order valence-electron chi connectivity index (χ2n) is 8.47. The van der Waals surface area contributed by atoms with Gasteiger partial charge in [0.15, 0.2) is 0 Å². The quantitative estimate of drug-likeness (QED) is 0.191. The number of unbranched alkanes of at least 4 members (excludes halogenated alkanes) is 13. The van der Waals surface area contributed by atoms with E-state index in [0.29, 0.717) is 13.0 Å². The first-order valence-corrected chi connectivity index (χ1v) is 12.2. The van der Waals surface area contributed by atoms with Gasteiger partial charge in [-0.3, -0.25) is 9.69 Å². The maximum Gasteiger partial charge on any atom is 0.305 e. The van der Waals surface area contributed by atoms with Crippen LogP contribution in [0.15, 0.2) is 0 Å². The van der Waals surface area contributed by atoms with E-state index in [9.17, 15) is 4.79 Å². The molecule has 1 aliphatic heterocycles. The van der Waals surface area contributed by atoms with Crippen LogP contribution in [0, 0.1) is 0 Å². The maximum absolute atomic E-state index is 11.8. The summed E-state index contributed by atoms with van der Waals surface area (Å²) in [4.78, 5) is 14.2. The van der Waals surface area contributed by atoms with E-state index in [1.807, 2.05) is 0 Å². The molecule has 0 aromatic rings. The van der Waals surface area contributed by atoms with Crippen molar-refractivity contribution in [2.45, 2.75) is 122 Å². The van der Waals surface area contributed by atoms with Crippen LogP contribution in [0.2, 0.25) is 0 Å². The summed E-state index contributed by atoms with van der Waals surface area (Å²) in [5.74, 6) is 0.00551. The fourth-order valence-corrected chi connectivity index (χ4v) is 4.01. The Hall–Kier alpha value is -0.570. The minimum absolute atomic E-state index is 0.00551. The Balaban J connectivity index is 1.73. The molecule has 0 radical (unpaired) electrons. The molecule has 0 spiro atoms. The van der Waals surface area contributed by atoms with Crippen molar-refractivity contribution < 1.29 is 9.53 Å². The molecule has 1 fully saturated rings. The van der Waals surface area contributed by atoms with Gasteiger partial charge >= 0.3 is 5.97 Å². The summed E-state index contributed by atoms with van der Waals surface area (Å²) in [6.45, 7) is 6.14. The Bertz CT molecular complexity index is 326. The summed E-state index contributed by atoms with van der Waals surface area (Å²) < 4.78 is 5.38. The van der Waals surface area contributed by atoms with Gasteiger partial charge in [0.1, 0.15) is 6.61 Å². The lowest BCUT2D eigenvalue weighted by Gasteiger charge is -2.25. The van der Waals surface area contributed by atoms with Gasteiger partial charge in [0.25, 0.3) is 0 Å². The molecular formula is C24H47NO2. The fraction of sp³-hybridized carbons (Fsp3) is 0.958. The average Bonchev–Trinajstić information content (AvgIpc) is 2.69. The van der Waals surface area contributed by atoms with Crippen molar-refractivity contribution in [3.05, 3.63) is 0 Å². The van der Waals surface area contributed by atoms with Crippen LogP contribution in [0.3, 0.4) is 0 Å². The van der Waals surface area contributed by atoms with Crippen molar-refractivity contribution >= 4 is 5.97 Å². The minimum atomic E-state index is 0.00551. The number of hydrogen-bond donors (Lipinski definition) is 0. The molecule has 0 aromatic heterocycles. The van der Waals surface area contributed by atoms with Gasteiger partial charge < -0.3 is 4.74 Å². The highest BCUT2D eigenvalue weighted by Gasteiger charge is 2.10. The monoisotopic (exact) mass is 381 g/mol. The number of carbonyl (C=O) groups is 1. The molecule has 0 saturated carbocycles. The van der Waals surface area contributed by atoms with Crippen LogP contribution in [0.1, 0.15) is 122 Å². The molecule has 0 aromatic carbocycles. The van der Waals surface area contributed by atoms with Gasteiger partial charge in [0, 0.05) is 13.0 Å². The topological polar surface area (TPSA) is 29.5 Å². The highest BCUT2D eigenvalue weighted by Crippen LogP contribution is 2.13. The Labute approximate surface area is 169 Å². The number of hydrogen-bond acceptors (Lipinski definition) is 3. The zero-order chi connectivity index (χ0) is 19.4. The first-order chi connectivity index (χ1) is 13.3. The lowest BCUT2D eigenvalue weighted by atomic mass is 10.0. The number of piperidine rings is 1. The molecular weight excluding hydrogens is 334 g/mol. The van der Waals surface area contributed by atoms with Crippen molar-refractivity contribution in [2.75, 3.05) is 26.2 Å². The van der Waals surface area contributed by atoms with E-state index in [2.05, 4.69) is 11.8 Å². The molecule has 0 aliphatic carbocycles. The minimum Gasteiger partial charge on any atom is -0.464 e. The largest absolute Gasteiger partial charge is 0.464 e. The first-order valence-electron chi connectivity index (χ1n) is 12.2. The summed E-state index contributed by atoms with van der Waals surface area (Å²) in [6, 6.07) is 0. The number of likely N-dealkylation sites (tertiary alicyclic amines) is 1.